The van der Waals surface area contributed by atoms with Gasteiger partial charge in [-0.3, -0.25) is 9.78 Å². The predicted molar refractivity (Wildman–Crippen MR) is 63.3 cm³/mol. The van der Waals surface area contributed by atoms with Crippen LogP contribution in [0.15, 0.2) is 24.5 Å². The van der Waals surface area contributed by atoms with Gasteiger partial charge in [0.15, 0.2) is 0 Å². The lowest BCUT2D eigenvalue weighted by molar-refractivity contribution is -0.123. The first-order chi connectivity index (χ1) is 8.29. The minimum atomic E-state index is -0.142. The number of ether oxygens (including phenoxy) is 1. The third kappa shape index (κ3) is 3.25. The summed E-state index contributed by atoms with van der Waals surface area (Å²) in [6.45, 7) is 1.25. The molecular weight excluding hydrogens is 218 g/mol. The van der Waals surface area contributed by atoms with E-state index in [0.29, 0.717) is 6.54 Å². The molecule has 5 nitrogen and oxygen atoms in total. The van der Waals surface area contributed by atoms with E-state index in [1.54, 1.807) is 19.5 Å². The summed E-state index contributed by atoms with van der Waals surface area (Å²) in [5.74, 6) is 0.0217. The number of nitrogens with zero attached hydrogens (tertiary/aromatic N) is 1. The molecule has 5 heteroatoms. The molecule has 1 aliphatic heterocycles. The molecule has 0 unspecified atom stereocenters. The number of carbonyl (C=O) groups is 1. The van der Waals surface area contributed by atoms with Crippen LogP contribution < -0.4 is 10.6 Å². The van der Waals surface area contributed by atoms with Gasteiger partial charge >= 0.3 is 0 Å². The SMILES string of the molecule is CO[C@H]1CN[C@H](C(=O)NCc2cccnc2)C1. The van der Waals surface area contributed by atoms with Crippen LogP contribution in [0.25, 0.3) is 0 Å². The molecule has 2 atom stereocenters. The molecule has 1 amide bonds. The lowest BCUT2D eigenvalue weighted by atomic mass is 10.2. The van der Waals surface area contributed by atoms with Crippen molar-refractivity contribution >= 4 is 5.91 Å². The van der Waals surface area contributed by atoms with Gasteiger partial charge in [-0.25, -0.2) is 0 Å². The number of methoxy groups -OCH3 is 1. The fraction of sp³-hybridized carbons (Fsp3) is 0.500. The van der Waals surface area contributed by atoms with Gasteiger partial charge < -0.3 is 15.4 Å². The zero-order valence-corrected chi connectivity index (χ0v) is 9.85. The number of amides is 1. The highest BCUT2D eigenvalue weighted by Gasteiger charge is 2.28. The molecule has 0 saturated carbocycles. The number of hydrogen-bond acceptors (Lipinski definition) is 4. The number of nitrogens with one attached hydrogen (secondary N) is 2. The van der Waals surface area contributed by atoms with Gasteiger partial charge in [0.2, 0.25) is 5.91 Å². The summed E-state index contributed by atoms with van der Waals surface area (Å²) in [6, 6.07) is 3.65. The first-order valence-corrected chi connectivity index (χ1v) is 5.72. The van der Waals surface area contributed by atoms with Crippen LogP contribution in [0.1, 0.15) is 12.0 Å². The summed E-state index contributed by atoms with van der Waals surface area (Å²) in [5, 5.41) is 6.03. The summed E-state index contributed by atoms with van der Waals surface area (Å²) in [6.07, 6.45) is 4.34. The average molecular weight is 235 g/mol. The first kappa shape index (κ1) is 12.0. The predicted octanol–water partition coefficient (Wildman–Crippen LogP) is 0.0747. The van der Waals surface area contributed by atoms with Crippen LogP contribution in [0, 0.1) is 0 Å². The number of carbonyl (C=O) groups excluding carboxylic acids is 1. The molecule has 1 fully saturated rings. The van der Waals surface area contributed by atoms with Gasteiger partial charge in [-0.1, -0.05) is 6.07 Å². The molecule has 0 radical (unpaired) electrons. The number of pyridine rings is 1. The monoisotopic (exact) mass is 235 g/mol. The van der Waals surface area contributed by atoms with E-state index in [1.807, 2.05) is 12.1 Å². The lowest BCUT2D eigenvalue weighted by Crippen LogP contribution is -2.40. The third-order valence-electron chi connectivity index (χ3n) is 2.93. The van der Waals surface area contributed by atoms with Crippen molar-refractivity contribution in [2.45, 2.75) is 25.1 Å². The van der Waals surface area contributed by atoms with Crippen molar-refractivity contribution < 1.29 is 9.53 Å². The Morgan fingerprint density at radius 1 is 1.71 bits per heavy atom. The molecule has 92 valence electrons. The minimum absolute atomic E-state index is 0.0217. The van der Waals surface area contributed by atoms with Crippen molar-refractivity contribution in [1.29, 1.82) is 0 Å². The first-order valence-electron chi connectivity index (χ1n) is 5.72. The largest absolute Gasteiger partial charge is 0.380 e. The van der Waals surface area contributed by atoms with Crippen LogP contribution in [-0.2, 0) is 16.1 Å². The van der Waals surface area contributed by atoms with Gasteiger partial charge in [-0.05, 0) is 18.1 Å². The molecule has 0 spiro atoms. The van der Waals surface area contributed by atoms with Crippen molar-refractivity contribution in [1.82, 2.24) is 15.6 Å². The second kappa shape index (κ2) is 5.75. The summed E-state index contributed by atoms with van der Waals surface area (Å²) in [7, 11) is 1.67. The van der Waals surface area contributed by atoms with E-state index >= 15 is 0 Å². The van der Waals surface area contributed by atoms with Gasteiger partial charge in [-0.2, -0.15) is 0 Å². The smallest absolute Gasteiger partial charge is 0.237 e. The maximum Gasteiger partial charge on any atom is 0.237 e. The Labute approximate surface area is 101 Å². The number of hydrogen-bond donors (Lipinski definition) is 2. The van der Waals surface area contributed by atoms with Gasteiger partial charge in [0.25, 0.3) is 0 Å². The zero-order valence-electron chi connectivity index (χ0n) is 9.85. The number of rotatable bonds is 4. The lowest BCUT2D eigenvalue weighted by Gasteiger charge is -2.11. The highest BCUT2D eigenvalue weighted by Crippen LogP contribution is 2.09. The van der Waals surface area contributed by atoms with Crippen molar-refractivity contribution in [2.24, 2.45) is 0 Å². The third-order valence-corrected chi connectivity index (χ3v) is 2.93. The van der Waals surface area contributed by atoms with Crippen molar-refractivity contribution in [3.63, 3.8) is 0 Å². The second-order valence-electron chi connectivity index (χ2n) is 4.13. The topological polar surface area (TPSA) is 63.2 Å². The maximum absolute atomic E-state index is 11.8. The molecule has 1 aromatic rings. The van der Waals surface area contributed by atoms with Crippen LogP contribution in [0.4, 0.5) is 0 Å². The quantitative estimate of drug-likeness (QED) is 0.775. The van der Waals surface area contributed by atoms with Gasteiger partial charge in [-0.15, -0.1) is 0 Å². The summed E-state index contributed by atoms with van der Waals surface area (Å²) < 4.78 is 5.20. The van der Waals surface area contributed by atoms with Crippen LogP contribution >= 0.6 is 0 Å². The van der Waals surface area contributed by atoms with Crippen LogP contribution in [0.3, 0.4) is 0 Å². The second-order valence-corrected chi connectivity index (χ2v) is 4.13. The fourth-order valence-electron chi connectivity index (χ4n) is 1.90. The Morgan fingerprint density at radius 2 is 2.59 bits per heavy atom. The standard InChI is InChI=1S/C12H17N3O2/c1-17-10-5-11(14-8-10)12(16)15-7-9-3-2-4-13-6-9/h2-4,6,10-11,14H,5,7-8H2,1H3,(H,15,16)/t10-,11+/m1/s1. The molecule has 0 aromatic carbocycles. The van der Waals surface area contributed by atoms with Crippen LogP contribution in [-0.4, -0.2) is 36.7 Å². The van der Waals surface area contributed by atoms with Crippen molar-refractivity contribution in [2.75, 3.05) is 13.7 Å². The number of aromatic nitrogens is 1. The van der Waals surface area contributed by atoms with E-state index < -0.39 is 0 Å². The Balaban J connectivity index is 1.78. The van der Waals surface area contributed by atoms with E-state index in [1.165, 1.54) is 0 Å². The van der Waals surface area contributed by atoms with E-state index in [-0.39, 0.29) is 18.1 Å². The summed E-state index contributed by atoms with van der Waals surface area (Å²) >= 11 is 0. The van der Waals surface area contributed by atoms with Gasteiger partial charge in [0.05, 0.1) is 12.1 Å². The van der Waals surface area contributed by atoms with Crippen molar-refractivity contribution in [3.05, 3.63) is 30.1 Å². The normalized spacial score (nSPS) is 23.6. The molecule has 2 heterocycles. The fourth-order valence-corrected chi connectivity index (χ4v) is 1.90. The highest BCUT2D eigenvalue weighted by atomic mass is 16.5. The molecule has 1 aliphatic rings. The van der Waals surface area contributed by atoms with Gasteiger partial charge in [0, 0.05) is 32.6 Å². The molecule has 1 saturated heterocycles. The van der Waals surface area contributed by atoms with E-state index in [9.17, 15) is 4.79 Å². The van der Waals surface area contributed by atoms with Crippen LogP contribution in [0.5, 0.6) is 0 Å². The molecule has 2 rings (SSSR count). The zero-order chi connectivity index (χ0) is 12.1. The summed E-state index contributed by atoms with van der Waals surface area (Å²) in [5.41, 5.74) is 1.00. The molecular formula is C12H17N3O2. The van der Waals surface area contributed by atoms with E-state index in [4.69, 9.17) is 4.74 Å². The molecule has 0 aliphatic carbocycles. The average Bonchev–Trinajstić information content (AvgIpc) is 2.86. The highest BCUT2D eigenvalue weighted by molar-refractivity contribution is 5.82. The molecule has 2 N–H and O–H groups in total. The summed E-state index contributed by atoms with van der Waals surface area (Å²) in [4.78, 5) is 15.8. The van der Waals surface area contributed by atoms with E-state index in [2.05, 4.69) is 15.6 Å². The Bertz CT molecular complexity index is 369. The van der Waals surface area contributed by atoms with E-state index in [0.717, 1.165) is 18.5 Å². The Kier molecular flexibility index (Phi) is 4.06. The maximum atomic E-state index is 11.8. The van der Waals surface area contributed by atoms with Crippen LogP contribution in [0.2, 0.25) is 0 Å². The minimum Gasteiger partial charge on any atom is -0.380 e. The van der Waals surface area contributed by atoms with Gasteiger partial charge in [0.1, 0.15) is 0 Å². The molecule has 0 bridgehead atoms. The molecule has 17 heavy (non-hydrogen) atoms. The van der Waals surface area contributed by atoms with Crippen molar-refractivity contribution in [3.8, 4) is 0 Å². The Morgan fingerprint density at radius 3 is 3.24 bits per heavy atom. The molecule has 1 aromatic heterocycles. The Hall–Kier alpha value is -1.46.